The molecule has 0 unspecified atom stereocenters. The fourth-order valence-corrected chi connectivity index (χ4v) is 2.00. The van der Waals surface area contributed by atoms with Crippen LogP contribution in [-0.4, -0.2) is 19.7 Å². The predicted octanol–water partition coefficient (Wildman–Crippen LogP) is 2.65. The fraction of sp³-hybridized carbons (Fsp3) is 0.0667. The molecule has 0 spiro atoms. The lowest BCUT2D eigenvalue weighted by molar-refractivity contribution is 0.618. The first-order valence-electron chi connectivity index (χ1n) is 6.23. The normalized spacial score (nSPS) is 10.3. The van der Waals surface area contributed by atoms with Crippen molar-refractivity contribution in [2.45, 2.75) is 6.92 Å². The third-order valence-electron chi connectivity index (χ3n) is 3.02. The maximum absolute atomic E-state index is 13.4. The van der Waals surface area contributed by atoms with Gasteiger partial charge in [0.05, 0.1) is 5.69 Å². The maximum atomic E-state index is 13.4. The molecule has 0 atom stereocenters. The van der Waals surface area contributed by atoms with E-state index in [2.05, 4.69) is 15.1 Å². The lowest BCUT2D eigenvalue weighted by atomic mass is 10.1. The van der Waals surface area contributed by atoms with Gasteiger partial charge in [0.2, 0.25) is 0 Å². The highest BCUT2D eigenvalue weighted by molar-refractivity contribution is 5.63. The summed E-state index contributed by atoms with van der Waals surface area (Å²) in [6, 6.07) is 10.0. The summed E-state index contributed by atoms with van der Waals surface area (Å²) in [5.74, 6) is 0.0808. The number of hydrogen-bond acceptors (Lipinski definition) is 4. The molecule has 0 saturated heterocycles. The van der Waals surface area contributed by atoms with Crippen LogP contribution in [0.25, 0.3) is 17.2 Å². The zero-order valence-electron chi connectivity index (χ0n) is 11.2. The van der Waals surface area contributed by atoms with Crippen molar-refractivity contribution < 1.29 is 4.39 Å². The molecule has 0 aliphatic carbocycles. The summed E-state index contributed by atoms with van der Waals surface area (Å²) in [5.41, 5.74) is 2.16. The van der Waals surface area contributed by atoms with Gasteiger partial charge < -0.3 is 0 Å². The van der Waals surface area contributed by atoms with Crippen LogP contribution in [0.1, 0.15) is 11.3 Å². The third kappa shape index (κ3) is 2.37. The van der Waals surface area contributed by atoms with Crippen LogP contribution < -0.4 is 0 Å². The Morgan fingerprint density at radius 1 is 1.19 bits per heavy atom. The monoisotopic (exact) mass is 279 g/mol. The van der Waals surface area contributed by atoms with Crippen molar-refractivity contribution in [2.75, 3.05) is 0 Å². The van der Waals surface area contributed by atoms with Crippen molar-refractivity contribution in [3.8, 4) is 23.3 Å². The molecule has 0 radical (unpaired) electrons. The minimum Gasteiger partial charge on any atom is -0.220 e. The van der Waals surface area contributed by atoms with E-state index in [1.165, 1.54) is 10.7 Å². The van der Waals surface area contributed by atoms with Gasteiger partial charge in [-0.05, 0) is 36.8 Å². The second-order valence-corrected chi connectivity index (χ2v) is 4.45. The Balaban J connectivity index is 2.20. The molecular formula is C15H10FN5. The summed E-state index contributed by atoms with van der Waals surface area (Å²) in [4.78, 5) is 8.26. The Kier molecular flexibility index (Phi) is 3.16. The molecule has 6 heteroatoms. The smallest absolute Gasteiger partial charge is 0.220 e. The van der Waals surface area contributed by atoms with E-state index in [4.69, 9.17) is 5.26 Å². The number of nitriles is 1. The van der Waals surface area contributed by atoms with Crippen molar-refractivity contribution in [2.24, 2.45) is 0 Å². The number of halogens is 1. The van der Waals surface area contributed by atoms with Crippen LogP contribution in [0.4, 0.5) is 4.39 Å². The Bertz CT molecular complexity index is 833. The number of aryl methyl sites for hydroxylation is 1. The molecule has 2 aromatic heterocycles. The van der Waals surface area contributed by atoms with E-state index in [0.29, 0.717) is 17.2 Å². The van der Waals surface area contributed by atoms with Crippen LogP contribution in [0.5, 0.6) is 0 Å². The van der Waals surface area contributed by atoms with Gasteiger partial charge in [-0.3, -0.25) is 0 Å². The molecule has 2 heterocycles. The Morgan fingerprint density at radius 2 is 1.95 bits per heavy atom. The van der Waals surface area contributed by atoms with E-state index < -0.39 is 0 Å². The summed E-state index contributed by atoms with van der Waals surface area (Å²) in [7, 11) is 0. The van der Waals surface area contributed by atoms with E-state index in [1.807, 2.05) is 6.07 Å². The standard InChI is InChI=1S/C15H10FN5/c1-10-7-11(3-4-13(10)16)14-8-12(9-17)20-21(14)15-18-5-2-6-19-15/h2-8H,1H3. The van der Waals surface area contributed by atoms with Gasteiger partial charge in [0.25, 0.3) is 5.95 Å². The summed E-state index contributed by atoms with van der Waals surface area (Å²) in [6.45, 7) is 1.68. The molecule has 21 heavy (non-hydrogen) atoms. The molecule has 0 aliphatic rings. The average Bonchev–Trinajstić information content (AvgIpc) is 2.95. The fourth-order valence-electron chi connectivity index (χ4n) is 2.00. The van der Waals surface area contributed by atoms with Gasteiger partial charge in [0.15, 0.2) is 5.69 Å². The topological polar surface area (TPSA) is 67.4 Å². The van der Waals surface area contributed by atoms with Crippen LogP contribution in [0, 0.1) is 24.1 Å². The van der Waals surface area contributed by atoms with E-state index in [1.54, 1.807) is 43.6 Å². The maximum Gasteiger partial charge on any atom is 0.251 e. The third-order valence-corrected chi connectivity index (χ3v) is 3.02. The first-order chi connectivity index (χ1) is 10.2. The Hall–Kier alpha value is -3.07. The summed E-state index contributed by atoms with van der Waals surface area (Å²) in [6.07, 6.45) is 3.19. The van der Waals surface area contributed by atoms with E-state index in [0.717, 1.165) is 5.56 Å². The van der Waals surface area contributed by atoms with Gasteiger partial charge >= 0.3 is 0 Å². The van der Waals surface area contributed by atoms with Crippen LogP contribution in [0.3, 0.4) is 0 Å². The average molecular weight is 279 g/mol. The molecular weight excluding hydrogens is 269 g/mol. The number of hydrogen-bond donors (Lipinski definition) is 0. The minimum atomic E-state index is -0.277. The van der Waals surface area contributed by atoms with Gasteiger partial charge in [-0.15, -0.1) is 0 Å². The SMILES string of the molecule is Cc1cc(-c2cc(C#N)nn2-c2ncccn2)ccc1F. The van der Waals surface area contributed by atoms with Gasteiger partial charge in [-0.2, -0.15) is 15.0 Å². The van der Waals surface area contributed by atoms with Gasteiger partial charge in [-0.1, -0.05) is 0 Å². The highest BCUT2D eigenvalue weighted by Gasteiger charge is 2.14. The molecule has 0 amide bonds. The molecule has 1 aromatic carbocycles. The first kappa shape index (κ1) is 12.9. The van der Waals surface area contributed by atoms with Crippen LogP contribution in [0.2, 0.25) is 0 Å². The molecule has 5 nitrogen and oxygen atoms in total. The van der Waals surface area contributed by atoms with Crippen molar-refractivity contribution in [1.29, 1.82) is 5.26 Å². The van der Waals surface area contributed by atoms with Gasteiger partial charge in [0.1, 0.15) is 11.9 Å². The highest BCUT2D eigenvalue weighted by atomic mass is 19.1. The quantitative estimate of drug-likeness (QED) is 0.723. The van der Waals surface area contributed by atoms with Gasteiger partial charge in [0, 0.05) is 24.0 Å². The molecule has 3 rings (SSSR count). The lowest BCUT2D eigenvalue weighted by Gasteiger charge is -2.06. The van der Waals surface area contributed by atoms with Crippen molar-refractivity contribution in [3.63, 3.8) is 0 Å². The Morgan fingerprint density at radius 3 is 2.62 bits per heavy atom. The highest BCUT2D eigenvalue weighted by Crippen LogP contribution is 2.24. The van der Waals surface area contributed by atoms with Crippen molar-refractivity contribution in [1.82, 2.24) is 19.7 Å². The first-order valence-corrected chi connectivity index (χ1v) is 6.23. The van der Waals surface area contributed by atoms with E-state index in [-0.39, 0.29) is 11.5 Å². The minimum absolute atomic E-state index is 0.249. The zero-order chi connectivity index (χ0) is 14.8. The predicted molar refractivity (Wildman–Crippen MR) is 74.0 cm³/mol. The summed E-state index contributed by atoms with van der Waals surface area (Å²) in [5, 5.41) is 13.2. The number of nitrogens with zero attached hydrogens (tertiary/aromatic N) is 5. The molecule has 0 bridgehead atoms. The van der Waals surface area contributed by atoms with E-state index in [9.17, 15) is 4.39 Å². The van der Waals surface area contributed by atoms with Gasteiger partial charge in [-0.25, -0.2) is 14.4 Å². The second-order valence-electron chi connectivity index (χ2n) is 4.45. The second kappa shape index (κ2) is 5.13. The van der Waals surface area contributed by atoms with E-state index >= 15 is 0 Å². The summed E-state index contributed by atoms with van der Waals surface area (Å²) >= 11 is 0. The zero-order valence-corrected chi connectivity index (χ0v) is 11.2. The molecule has 0 fully saturated rings. The van der Waals surface area contributed by atoms with Crippen LogP contribution in [0.15, 0.2) is 42.7 Å². The molecule has 3 aromatic rings. The van der Waals surface area contributed by atoms with Crippen LogP contribution >= 0.6 is 0 Å². The molecule has 0 aliphatic heterocycles. The largest absolute Gasteiger partial charge is 0.251 e. The molecule has 0 saturated carbocycles. The number of rotatable bonds is 2. The summed E-state index contributed by atoms with van der Waals surface area (Å²) < 4.78 is 14.9. The number of benzene rings is 1. The van der Waals surface area contributed by atoms with Crippen molar-refractivity contribution in [3.05, 3.63) is 59.8 Å². The molecule has 102 valence electrons. The Labute approximate surface area is 120 Å². The lowest BCUT2D eigenvalue weighted by Crippen LogP contribution is -2.04. The number of aromatic nitrogens is 4. The molecule has 0 N–H and O–H groups in total. The van der Waals surface area contributed by atoms with Crippen molar-refractivity contribution >= 4 is 0 Å². The van der Waals surface area contributed by atoms with Crippen LogP contribution in [-0.2, 0) is 0 Å².